The molecule has 0 aromatic rings. The minimum atomic E-state index is -0.421. The fourth-order valence-electron chi connectivity index (χ4n) is 0.465. The van der Waals surface area contributed by atoms with Gasteiger partial charge in [0.15, 0.2) is 0 Å². The van der Waals surface area contributed by atoms with Gasteiger partial charge in [-0.3, -0.25) is 4.99 Å². The summed E-state index contributed by atoms with van der Waals surface area (Å²) in [5.74, 6) is 0.553. The molecule has 0 bridgehead atoms. The van der Waals surface area contributed by atoms with Gasteiger partial charge in [-0.1, -0.05) is 0 Å². The molecule has 0 radical (unpaired) electrons. The van der Waals surface area contributed by atoms with Gasteiger partial charge in [0.25, 0.3) is 0 Å². The highest BCUT2D eigenvalue weighted by Crippen LogP contribution is 2.06. The fourth-order valence-corrected chi connectivity index (χ4v) is 0.465. The third-order valence-corrected chi connectivity index (χ3v) is 1.46. The van der Waals surface area contributed by atoms with Crippen molar-refractivity contribution in [2.24, 2.45) is 10.7 Å². The summed E-state index contributed by atoms with van der Waals surface area (Å²) in [5.41, 5.74) is 5.18. The maximum absolute atomic E-state index is 5.60. The Bertz CT molecular complexity index is 130. The van der Waals surface area contributed by atoms with E-state index in [2.05, 4.69) is 4.99 Å². The molecule has 2 N–H and O–H groups in total. The third kappa shape index (κ3) is 2.35. The first-order valence-corrected chi connectivity index (χ1v) is 3.40. The highest BCUT2D eigenvalue weighted by Gasteiger charge is 2.20. The van der Waals surface area contributed by atoms with Crippen LogP contribution < -0.4 is 5.73 Å². The maximum atomic E-state index is 5.60. The van der Waals surface area contributed by atoms with E-state index in [-0.39, 0.29) is 0 Å². The van der Waals surface area contributed by atoms with Crippen LogP contribution >= 0.6 is 0 Å². The molecular formula is C7H16N2O. The molecule has 60 valence electrons. The molecule has 0 rings (SSSR count). The van der Waals surface area contributed by atoms with E-state index in [9.17, 15) is 0 Å². The Morgan fingerprint density at radius 3 is 2.40 bits per heavy atom. The summed E-state index contributed by atoms with van der Waals surface area (Å²) >= 11 is 0. The molecule has 0 spiro atoms. The molecule has 0 aromatic heterocycles. The minimum absolute atomic E-state index is 0.421. The molecule has 0 heterocycles. The molecular weight excluding hydrogens is 128 g/mol. The zero-order chi connectivity index (χ0) is 8.20. The number of ether oxygens (including phenoxy) is 1. The van der Waals surface area contributed by atoms with E-state index in [0.29, 0.717) is 12.4 Å². The van der Waals surface area contributed by atoms with Crippen molar-refractivity contribution in [3.05, 3.63) is 0 Å². The molecule has 0 aliphatic rings. The standard InChI is InChI=1S/C7H16N2O/c1-5-9-6(8)7(2,3)10-4/h5H2,1-4H3,(H2,8,9). The molecule has 3 nitrogen and oxygen atoms in total. The first-order chi connectivity index (χ1) is 4.54. The molecule has 0 aliphatic heterocycles. The number of methoxy groups -OCH3 is 1. The lowest BCUT2D eigenvalue weighted by atomic mass is 10.1. The minimum Gasteiger partial charge on any atom is -0.385 e. The molecule has 0 saturated heterocycles. The lowest BCUT2D eigenvalue weighted by Crippen LogP contribution is -2.40. The van der Waals surface area contributed by atoms with Crippen molar-refractivity contribution >= 4 is 5.84 Å². The summed E-state index contributed by atoms with van der Waals surface area (Å²) in [6, 6.07) is 0. The van der Waals surface area contributed by atoms with Crippen molar-refractivity contribution in [2.75, 3.05) is 13.7 Å². The van der Waals surface area contributed by atoms with E-state index in [1.54, 1.807) is 7.11 Å². The van der Waals surface area contributed by atoms with E-state index in [4.69, 9.17) is 10.5 Å². The van der Waals surface area contributed by atoms with Gasteiger partial charge < -0.3 is 10.5 Å². The highest BCUT2D eigenvalue weighted by molar-refractivity contribution is 5.88. The van der Waals surface area contributed by atoms with Crippen molar-refractivity contribution < 1.29 is 4.74 Å². The van der Waals surface area contributed by atoms with Crippen molar-refractivity contribution in [1.29, 1.82) is 0 Å². The van der Waals surface area contributed by atoms with Crippen LogP contribution in [0.3, 0.4) is 0 Å². The molecule has 0 unspecified atom stereocenters. The lowest BCUT2D eigenvalue weighted by Gasteiger charge is -2.21. The second kappa shape index (κ2) is 3.56. The lowest BCUT2D eigenvalue weighted by molar-refractivity contribution is 0.0815. The number of nitrogens with two attached hydrogens (primary N) is 1. The summed E-state index contributed by atoms with van der Waals surface area (Å²) in [6.07, 6.45) is 0. The predicted molar refractivity (Wildman–Crippen MR) is 43.3 cm³/mol. The zero-order valence-electron chi connectivity index (χ0n) is 7.14. The van der Waals surface area contributed by atoms with E-state index in [1.165, 1.54) is 0 Å². The monoisotopic (exact) mass is 144 g/mol. The molecule has 0 atom stereocenters. The van der Waals surface area contributed by atoms with Gasteiger partial charge in [-0.25, -0.2) is 0 Å². The average molecular weight is 144 g/mol. The Kier molecular flexibility index (Phi) is 3.36. The Morgan fingerprint density at radius 2 is 2.10 bits per heavy atom. The second-order valence-electron chi connectivity index (χ2n) is 2.57. The number of aliphatic imine (C=N–C) groups is 1. The number of nitrogens with zero attached hydrogens (tertiary/aromatic N) is 1. The van der Waals surface area contributed by atoms with E-state index in [0.717, 1.165) is 0 Å². The van der Waals surface area contributed by atoms with Crippen LogP contribution in [0, 0.1) is 0 Å². The van der Waals surface area contributed by atoms with E-state index < -0.39 is 5.60 Å². The Balaban J connectivity index is 4.17. The van der Waals surface area contributed by atoms with Gasteiger partial charge in [0, 0.05) is 13.7 Å². The molecule has 0 saturated carbocycles. The van der Waals surface area contributed by atoms with Crippen molar-refractivity contribution in [3.8, 4) is 0 Å². The highest BCUT2D eigenvalue weighted by atomic mass is 16.5. The van der Waals surface area contributed by atoms with Crippen molar-refractivity contribution in [2.45, 2.75) is 26.4 Å². The van der Waals surface area contributed by atoms with Gasteiger partial charge in [-0.15, -0.1) is 0 Å². The van der Waals surface area contributed by atoms with E-state index in [1.807, 2.05) is 20.8 Å². The number of hydrogen-bond donors (Lipinski definition) is 1. The van der Waals surface area contributed by atoms with Crippen LogP contribution in [-0.4, -0.2) is 25.1 Å². The van der Waals surface area contributed by atoms with Gasteiger partial charge in [0.1, 0.15) is 11.4 Å². The third-order valence-electron chi connectivity index (χ3n) is 1.46. The van der Waals surface area contributed by atoms with Crippen LogP contribution in [0.1, 0.15) is 20.8 Å². The largest absolute Gasteiger partial charge is 0.385 e. The fraction of sp³-hybridized carbons (Fsp3) is 0.857. The molecule has 0 amide bonds. The SMILES string of the molecule is CCN=C(N)C(C)(C)OC. The van der Waals surface area contributed by atoms with Crippen molar-refractivity contribution in [3.63, 3.8) is 0 Å². The Morgan fingerprint density at radius 1 is 1.60 bits per heavy atom. The number of hydrogen-bond acceptors (Lipinski definition) is 2. The first-order valence-electron chi connectivity index (χ1n) is 3.40. The van der Waals surface area contributed by atoms with Gasteiger partial charge in [0.2, 0.25) is 0 Å². The van der Waals surface area contributed by atoms with Crippen LogP contribution in [0.5, 0.6) is 0 Å². The van der Waals surface area contributed by atoms with E-state index >= 15 is 0 Å². The summed E-state index contributed by atoms with van der Waals surface area (Å²) < 4.78 is 5.10. The number of rotatable bonds is 3. The van der Waals surface area contributed by atoms with Crippen LogP contribution in [0.4, 0.5) is 0 Å². The van der Waals surface area contributed by atoms with Crippen LogP contribution in [0.15, 0.2) is 4.99 Å². The van der Waals surface area contributed by atoms with Gasteiger partial charge in [0.05, 0.1) is 0 Å². The Hall–Kier alpha value is -0.570. The quantitative estimate of drug-likeness (QED) is 0.470. The van der Waals surface area contributed by atoms with Gasteiger partial charge in [-0.2, -0.15) is 0 Å². The molecule has 0 fully saturated rings. The second-order valence-corrected chi connectivity index (χ2v) is 2.57. The van der Waals surface area contributed by atoms with Crippen LogP contribution in [-0.2, 0) is 4.74 Å². The summed E-state index contributed by atoms with van der Waals surface area (Å²) in [6.45, 7) is 6.43. The molecule has 10 heavy (non-hydrogen) atoms. The maximum Gasteiger partial charge on any atom is 0.126 e. The van der Waals surface area contributed by atoms with Crippen LogP contribution in [0.2, 0.25) is 0 Å². The van der Waals surface area contributed by atoms with Crippen LogP contribution in [0.25, 0.3) is 0 Å². The summed E-state index contributed by atoms with van der Waals surface area (Å²) in [7, 11) is 1.62. The predicted octanol–water partition coefficient (Wildman–Crippen LogP) is 0.788. The normalized spacial score (nSPS) is 13.8. The molecule has 0 aromatic carbocycles. The average Bonchev–Trinajstić information content (AvgIpc) is 1.89. The molecule has 0 aliphatic carbocycles. The Labute approximate surface area is 62.3 Å². The number of amidine groups is 1. The van der Waals surface area contributed by atoms with Gasteiger partial charge >= 0.3 is 0 Å². The first kappa shape index (κ1) is 9.43. The smallest absolute Gasteiger partial charge is 0.126 e. The topological polar surface area (TPSA) is 47.6 Å². The summed E-state index contributed by atoms with van der Waals surface area (Å²) in [5, 5.41) is 0. The van der Waals surface area contributed by atoms with Gasteiger partial charge in [-0.05, 0) is 20.8 Å². The van der Waals surface area contributed by atoms with Crippen molar-refractivity contribution in [1.82, 2.24) is 0 Å². The molecule has 3 heteroatoms. The zero-order valence-corrected chi connectivity index (χ0v) is 7.14. The summed E-state index contributed by atoms with van der Waals surface area (Å²) in [4.78, 5) is 4.04.